The third-order valence-corrected chi connectivity index (χ3v) is 7.33. The van der Waals surface area contributed by atoms with E-state index in [-0.39, 0.29) is 22.7 Å². The Kier molecular flexibility index (Phi) is 7.94. The number of halogens is 3. The van der Waals surface area contributed by atoms with Gasteiger partial charge < -0.3 is 19.1 Å². The van der Waals surface area contributed by atoms with Gasteiger partial charge in [-0.3, -0.25) is 4.90 Å². The summed E-state index contributed by atoms with van der Waals surface area (Å²) in [6.07, 6.45) is 1.77. The van der Waals surface area contributed by atoms with Crippen LogP contribution in [0.2, 0.25) is 5.02 Å². The SMILES string of the molecule is Cn1c(CN2CCC(c3cccc(OCc4ccccc4Cl)n3)CC2)nc2c(OC(F)F)cc(C(=O)O)cc21. The zero-order chi connectivity index (χ0) is 27.5. The number of hydrogen-bond acceptors (Lipinski definition) is 6. The van der Waals surface area contributed by atoms with Crippen LogP contribution in [0.15, 0.2) is 54.6 Å². The molecular formula is C28H27ClF2N4O4. The Hall–Kier alpha value is -3.76. The molecule has 0 spiro atoms. The molecule has 0 bridgehead atoms. The molecular weight excluding hydrogens is 530 g/mol. The number of carbonyl (C=O) groups is 1. The topological polar surface area (TPSA) is 89.7 Å². The summed E-state index contributed by atoms with van der Waals surface area (Å²) in [6.45, 7) is -0.675. The van der Waals surface area contributed by atoms with Gasteiger partial charge in [-0.05, 0) is 50.2 Å². The molecule has 39 heavy (non-hydrogen) atoms. The van der Waals surface area contributed by atoms with Gasteiger partial charge in [-0.2, -0.15) is 8.78 Å². The monoisotopic (exact) mass is 556 g/mol. The van der Waals surface area contributed by atoms with Crippen molar-refractivity contribution in [2.45, 2.75) is 38.5 Å². The molecule has 2 aromatic carbocycles. The van der Waals surface area contributed by atoms with Crippen molar-refractivity contribution in [2.24, 2.45) is 7.05 Å². The Morgan fingerprint density at radius 3 is 2.62 bits per heavy atom. The number of carboxylic acid groups (broad SMARTS) is 1. The standard InChI is InChI=1S/C28H27ClF2N4O4/c1-34-22-13-19(27(36)37)14-23(39-28(30)31)26(22)33-24(34)15-35-11-9-17(10-12-35)21-7-4-8-25(32-21)38-16-18-5-2-3-6-20(18)29/h2-8,13-14,17,28H,9-12,15-16H2,1H3,(H,36,37). The number of imidazole rings is 1. The largest absolute Gasteiger partial charge is 0.478 e. The fraction of sp³-hybridized carbons (Fsp3) is 0.321. The number of pyridine rings is 1. The molecule has 8 nitrogen and oxygen atoms in total. The van der Waals surface area contributed by atoms with E-state index < -0.39 is 12.6 Å². The van der Waals surface area contributed by atoms with Crippen LogP contribution >= 0.6 is 11.6 Å². The highest BCUT2D eigenvalue weighted by Crippen LogP contribution is 2.32. The van der Waals surface area contributed by atoms with Crippen molar-refractivity contribution < 1.29 is 28.2 Å². The number of hydrogen-bond donors (Lipinski definition) is 1. The van der Waals surface area contributed by atoms with E-state index in [0.717, 1.165) is 43.3 Å². The summed E-state index contributed by atoms with van der Waals surface area (Å²) in [6, 6.07) is 15.8. The fourth-order valence-corrected chi connectivity index (χ4v) is 5.04. The van der Waals surface area contributed by atoms with Crippen molar-refractivity contribution >= 4 is 28.6 Å². The third-order valence-electron chi connectivity index (χ3n) is 6.96. The normalized spacial score (nSPS) is 14.7. The maximum atomic E-state index is 13.0. The van der Waals surface area contributed by atoms with Gasteiger partial charge in [0.05, 0.1) is 17.6 Å². The second-order valence-electron chi connectivity index (χ2n) is 9.44. The second-order valence-corrected chi connectivity index (χ2v) is 9.85. The molecule has 3 heterocycles. The Morgan fingerprint density at radius 2 is 1.90 bits per heavy atom. The summed E-state index contributed by atoms with van der Waals surface area (Å²) in [5.41, 5.74) is 2.37. The summed E-state index contributed by atoms with van der Waals surface area (Å²) in [7, 11) is 1.74. The molecule has 5 rings (SSSR count). The van der Waals surface area contributed by atoms with E-state index in [2.05, 4.69) is 14.6 Å². The van der Waals surface area contributed by atoms with E-state index in [9.17, 15) is 18.7 Å². The van der Waals surface area contributed by atoms with Gasteiger partial charge in [0.25, 0.3) is 0 Å². The number of ether oxygens (including phenoxy) is 2. The molecule has 0 aliphatic carbocycles. The van der Waals surface area contributed by atoms with Crippen LogP contribution < -0.4 is 9.47 Å². The summed E-state index contributed by atoms with van der Waals surface area (Å²) in [5.74, 6) is -0.0130. The number of piperidine rings is 1. The quantitative estimate of drug-likeness (QED) is 0.275. The van der Waals surface area contributed by atoms with Crippen LogP contribution in [0.4, 0.5) is 8.78 Å². The van der Waals surface area contributed by atoms with Gasteiger partial charge >= 0.3 is 12.6 Å². The van der Waals surface area contributed by atoms with Gasteiger partial charge in [-0.15, -0.1) is 0 Å². The van der Waals surface area contributed by atoms with E-state index in [0.29, 0.717) is 35.4 Å². The lowest BCUT2D eigenvalue weighted by molar-refractivity contribution is -0.0489. The molecule has 0 saturated carbocycles. The molecule has 0 amide bonds. The predicted molar refractivity (Wildman–Crippen MR) is 142 cm³/mol. The summed E-state index contributed by atoms with van der Waals surface area (Å²) < 4.78 is 38.1. The first-order valence-corrected chi connectivity index (χ1v) is 12.9. The molecule has 1 aliphatic rings. The minimum atomic E-state index is -3.09. The zero-order valence-electron chi connectivity index (χ0n) is 21.2. The lowest BCUT2D eigenvalue weighted by Gasteiger charge is -2.31. The lowest BCUT2D eigenvalue weighted by atomic mass is 9.93. The van der Waals surface area contributed by atoms with Crippen LogP contribution in [0.1, 0.15) is 46.2 Å². The molecule has 1 saturated heterocycles. The van der Waals surface area contributed by atoms with Crippen molar-refractivity contribution in [1.82, 2.24) is 19.4 Å². The van der Waals surface area contributed by atoms with E-state index in [4.69, 9.17) is 21.3 Å². The third kappa shape index (κ3) is 6.12. The number of alkyl halides is 2. The van der Waals surface area contributed by atoms with Gasteiger partial charge in [-0.25, -0.2) is 14.8 Å². The minimum Gasteiger partial charge on any atom is -0.478 e. The number of aromatic nitrogens is 3. The van der Waals surface area contributed by atoms with Crippen LogP contribution in [0.3, 0.4) is 0 Å². The molecule has 1 fully saturated rings. The van der Waals surface area contributed by atoms with E-state index in [1.54, 1.807) is 11.6 Å². The van der Waals surface area contributed by atoms with Crippen molar-refractivity contribution in [3.8, 4) is 11.6 Å². The van der Waals surface area contributed by atoms with Crippen molar-refractivity contribution in [3.63, 3.8) is 0 Å². The molecule has 0 atom stereocenters. The number of carboxylic acids is 1. The molecule has 11 heteroatoms. The van der Waals surface area contributed by atoms with Crippen molar-refractivity contribution in [1.29, 1.82) is 0 Å². The number of rotatable bonds is 9. The molecule has 1 aliphatic heterocycles. The number of nitrogens with zero attached hydrogens (tertiary/aromatic N) is 4. The molecule has 0 radical (unpaired) electrons. The molecule has 4 aromatic rings. The number of fused-ring (bicyclic) bond motifs is 1. The van der Waals surface area contributed by atoms with Crippen molar-refractivity contribution in [2.75, 3.05) is 13.1 Å². The van der Waals surface area contributed by atoms with Crippen molar-refractivity contribution in [3.05, 3.63) is 82.3 Å². The molecule has 204 valence electrons. The fourth-order valence-electron chi connectivity index (χ4n) is 4.85. The zero-order valence-corrected chi connectivity index (χ0v) is 21.9. The number of aromatic carboxylic acids is 1. The first-order chi connectivity index (χ1) is 18.8. The smallest absolute Gasteiger partial charge is 0.387 e. The lowest BCUT2D eigenvalue weighted by Crippen LogP contribution is -2.33. The summed E-state index contributed by atoms with van der Waals surface area (Å²) >= 11 is 6.22. The average Bonchev–Trinajstić information content (AvgIpc) is 3.23. The highest BCUT2D eigenvalue weighted by Gasteiger charge is 2.25. The molecule has 1 N–H and O–H groups in total. The highest BCUT2D eigenvalue weighted by atomic mass is 35.5. The predicted octanol–water partition coefficient (Wildman–Crippen LogP) is 5.88. The second kappa shape index (κ2) is 11.5. The van der Waals surface area contributed by atoms with Crippen LogP contribution in [-0.2, 0) is 20.2 Å². The van der Waals surface area contributed by atoms with Gasteiger partial charge in [-0.1, -0.05) is 35.9 Å². The van der Waals surface area contributed by atoms with Crippen LogP contribution in [-0.4, -0.2) is 50.2 Å². The van der Waals surface area contributed by atoms with Crippen LogP contribution in [0, 0.1) is 0 Å². The van der Waals surface area contributed by atoms with Gasteiger partial charge in [0, 0.05) is 35.3 Å². The first kappa shape index (κ1) is 26.8. The van der Waals surface area contributed by atoms with E-state index in [1.165, 1.54) is 6.07 Å². The maximum absolute atomic E-state index is 13.0. The molecule has 0 unspecified atom stereocenters. The Morgan fingerprint density at radius 1 is 1.13 bits per heavy atom. The van der Waals surface area contributed by atoms with Crippen LogP contribution in [0.25, 0.3) is 11.0 Å². The van der Waals surface area contributed by atoms with Gasteiger partial charge in [0.15, 0.2) is 5.75 Å². The minimum absolute atomic E-state index is 0.140. The highest BCUT2D eigenvalue weighted by molar-refractivity contribution is 6.31. The number of aryl methyl sites for hydroxylation is 1. The summed E-state index contributed by atoms with van der Waals surface area (Å²) in [5, 5.41) is 10.0. The Balaban J connectivity index is 1.24. The first-order valence-electron chi connectivity index (χ1n) is 12.5. The molecule has 2 aromatic heterocycles. The van der Waals surface area contributed by atoms with Gasteiger partial charge in [0.2, 0.25) is 5.88 Å². The average molecular weight is 557 g/mol. The number of benzene rings is 2. The Bertz CT molecular complexity index is 1490. The maximum Gasteiger partial charge on any atom is 0.387 e. The Labute approximate surface area is 228 Å². The summed E-state index contributed by atoms with van der Waals surface area (Å²) in [4.78, 5) is 23.0. The van der Waals surface area contributed by atoms with E-state index in [1.807, 2.05) is 42.5 Å². The van der Waals surface area contributed by atoms with E-state index >= 15 is 0 Å². The van der Waals surface area contributed by atoms with Gasteiger partial charge in [0.1, 0.15) is 17.9 Å². The number of likely N-dealkylation sites (tertiary alicyclic amines) is 1. The van der Waals surface area contributed by atoms with Crippen LogP contribution in [0.5, 0.6) is 11.6 Å².